The molecule has 0 heterocycles. The molecule has 1 N–H and O–H groups in total. The molecule has 1 aromatic rings. The molecule has 1 unspecified atom stereocenters. The minimum atomic E-state index is 0.285. The molecule has 1 atom stereocenters. The molecule has 0 aliphatic heterocycles. The van der Waals surface area contributed by atoms with Crippen LogP contribution in [0.2, 0.25) is 5.02 Å². The summed E-state index contributed by atoms with van der Waals surface area (Å²) in [6.07, 6.45) is 3.92. The Morgan fingerprint density at radius 3 is 2.93 bits per heavy atom. The molecule has 0 aliphatic carbocycles. The molecule has 1 nitrogen and oxygen atoms in total. The first kappa shape index (κ1) is 12.8. The second kappa shape index (κ2) is 6.31. The van der Waals surface area contributed by atoms with Crippen molar-refractivity contribution in [2.24, 2.45) is 0 Å². The molecule has 82 valence electrons. The number of rotatable bonds is 5. The lowest BCUT2D eigenvalue weighted by molar-refractivity contribution is 0.555. The van der Waals surface area contributed by atoms with Crippen molar-refractivity contribution in [2.45, 2.75) is 18.9 Å². The Morgan fingerprint density at radius 2 is 2.33 bits per heavy atom. The van der Waals surface area contributed by atoms with Crippen LogP contribution in [0.25, 0.3) is 0 Å². The van der Waals surface area contributed by atoms with E-state index >= 15 is 0 Å². The first-order valence-electron chi connectivity index (χ1n) is 4.92. The Bertz CT molecular complexity index is 338. The molecule has 0 aromatic heterocycles. The van der Waals surface area contributed by atoms with Crippen molar-refractivity contribution in [1.29, 1.82) is 0 Å². The van der Waals surface area contributed by atoms with E-state index in [1.54, 1.807) is 0 Å². The zero-order valence-electron chi connectivity index (χ0n) is 8.76. The van der Waals surface area contributed by atoms with Crippen LogP contribution in [-0.4, -0.2) is 7.05 Å². The minimum absolute atomic E-state index is 0.285. The summed E-state index contributed by atoms with van der Waals surface area (Å²) in [4.78, 5) is 0. The van der Waals surface area contributed by atoms with E-state index in [0.29, 0.717) is 0 Å². The highest BCUT2D eigenvalue weighted by Gasteiger charge is 2.12. The Morgan fingerprint density at radius 1 is 1.60 bits per heavy atom. The van der Waals surface area contributed by atoms with Gasteiger partial charge in [-0.25, -0.2) is 0 Å². The third kappa shape index (κ3) is 3.63. The number of hydrogen-bond donors (Lipinski definition) is 1. The maximum Gasteiger partial charge on any atom is 0.0454 e. The molecule has 0 spiro atoms. The van der Waals surface area contributed by atoms with Crippen molar-refractivity contribution in [3.05, 3.63) is 45.9 Å². The molecule has 0 aliphatic rings. The average Bonchev–Trinajstić information content (AvgIpc) is 2.24. The lowest BCUT2D eigenvalue weighted by Crippen LogP contribution is -2.16. The number of nitrogens with one attached hydrogen (secondary N) is 1. The number of benzene rings is 1. The summed E-state index contributed by atoms with van der Waals surface area (Å²) in [6.45, 7) is 3.73. The van der Waals surface area contributed by atoms with E-state index in [1.165, 1.54) is 0 Å². The third-order valence-corrected chi connectivity index (χ3v) is 3.18. The first-order chi connectivity index (χ1) is 7.19. The number of hydrogen-bond acceptors (Lipinski definition) is 1. The van der Waals surface area contributed by atoms with Crippen molar-refractivity contribution in [3.8, 4) is 0 Å². The summed E-state index contributed by atoms with van der Waals surface area (Å²) in [5.41, 5.74) is 1.13. The molecule has 1 aromatic carbocycles. The van der Waals surface area contributed by atoms with Crippen molar-refractivity contribution < 1.29 is 0 Å². The molecule has 0 radical (unpaired) electrons. The summed E-state index contributed by atoms with van der Waals surface area (Å²) in [6, 6.07) is 6.21. The van der Waals surface area contributed by atoms with Crippen LogP contribution in [0.5, 0.6) is 0 Å². The molecule has 0 saturated heterocycles. The number of halogens is 2. The Hall–Kier alpha value is -0.310. The van der Waals surface area contributed by atoms with Gasteiger partial charge in [-0.05, 0) is 43.7 Å². The van der Waals surface area contributed by atoms with Crippen LogP contribution < -0.4 is 5.32 Å². The lowest BCUT2D eigenvalue weighted by Gasteiger charge is -2.17. The van der Waals surface area contributed by atoms with Gasteiger partial charge < -0.3 is 5.32 Å². The van der Waals surface area contributed by atoms with Crippen LogP contribution in [0.3, 0.4) is 0 Å². The van der Waals surface area contributed by atoms with Gasteiger partial charge >= 0.3 is 0 Å². The lowest BCUT2D eigenvalue weighted by atomic mass is 10.0. The van der Waals surface area contributed by atoms with Crippen molar-refractivity contribution in [1.82, 2.24) is 5.32 Å². The molecule has 3 heteroatoms. The quantitative estimate of drug-likeness (QED) is 0.795. The van der Waals surface area contributed by atoms with Gasteiger partial charge in [0, 0.05) is 15.5 Å². The van der Waals surface area contributed by atoms with Crippen LogP contribution >= 0.6 is 27.5 Å². The Labute approximate surface area is 105 Å². The molecule has 15 heavy (non-hydrogen) atoms. The van der Waals surface area contributed by atoms with Crippen LogP contribution in [-0.2, 0) is 0 Å². The molecular weight excluding hydrogens is 273 g/mol. The second-order valence-electron chi connectivity index (χ2n) is 3.37. The van der Waals surface area contributed by atoms with E-state index in [-0.39, 0.29) is 6.04 Å². The predicted molar refractivity (Wildman–Crippen MR) is 70.4 cm³/mol. The van der Waals surface area contributed by atoms with Crippen LogP contribution in [0.15, 0.2) is 35.3 Å². The molecule has 1 rings (SSSR count). The molecular formula is C12H15BrClN. The maximum absolute atomic E-state index is 6.16. The normalized spacial score (nSPS) is 12.5. The van der Waals surface area contributed by atoms with Crippen LogP contribution in [0, 0.1) is 0 Å². The zero-order chi connectivity index (χ0) is 11.3. The average molecular weight is 289 g/mol. The maximum atomic E-state index is 6.16. The summed E-state index contributed by atoms with van der Waals surface area (Å²) < 4.78 is 1.06. The van der Waals surface area contributed by atoms with Crippen molar-refractivity contribution in [3.63, 3.8) is 0 Å². The van der Waals surface area contributed by atoms with E-state index < -0.39 is 0 Å². The van der Waals surface area contributed by atoms with Gasteiger partial charge in [0.25, 0.3) is 0 Å². The van der Waals surface area contributed by atoms with Crippen molar-refractivity contribution in [2.75, 3.05) is 7.05 Å². The van der Waals surface area contributed by atoms with Gasteiger partial charge in [-0.15, -0.1) is 6.58 Å². The molecule has 0 saturated carbocycles. The second-order valence-corrected chi connectivity index (χ2v) is 4.70. The zero-order valence-corrected chi connectivity index (χ0v) is 11.1. The fourth-order valence-corrected chi connectivity index (χ4v) is 2.15. The van der Waals surface area contributed by atoms with Crippen molar-refractivity contribution >= 4 is 27.5 Å². The van der Waals surface area contributed by atoms with E-state index in [4.69, 9.17) is 11.6 Å². The van der Waals surface area contributed by atoms with E-state index in [2.05, 4.69) is 33.9 Å². The van der Waals surface area contributed by atoms with Crippen LogP contribution in [0.4, 0.5) is 0 Å². The summed E-state index contributed by atoms with van der Waals surface area (Å²) in [5, 5.41) is 4.08. The SMILES string of the molecule is C=CCCC(NC)c1cc(Br)ccc1Cl. The monoisotopic (exact) mass is 287 g/mol. The highest BCUT2D eigenvalue weighted by Crippen LogP contribution is 2.28. The van der Waals surface area contributed by atoms with E-state index in [0.717, 1.165) is 27.9 Å². The van der Waals surface area contributed by atoms with E-state index in [9.17, 15) is 0 Å². The van der Waals surface area contributed by atoms with Crippen LogP contribution in [0.1, 0.15) is 24.4 Å². The van der Waals surface area contributed by atoms with Gasteiger partial charge in [0.15, 0.2) is 0 Å². The van der Waals surface area contributed by atoms with Gasteiger partial charge in [-0.1, -0.05) is 33.6 Å². The summed E-state index contributed by atoms with van der Waals surface area (Å²) >= 11 is 9.62. The Balaban J connectivity index is 2.89. The first-order valence-corrected chi connectivity index (χ1v) is 6.09. The minimum Gasteiger partial charge on any atom is -0.313 e. The summed E-state index contributed by atoms with van der Waals surface area (Å²) in [5.74, 6) is 0. The topological polar surface area (TPSA) is 12.0 Å². The largest absolute Gasteiger partial charge is 0.313 e. The van der Waals surface area contributed by atoms with Gasteiger partial charge in [0.1, 0.15) is 0 Å². The van der Waals surface area contributed by atoms with Gasteiger partial charge in [0.05, 0.1) is 0 Å². The third-order valence-electron chi connectivity index (χ3n) is 2.34. The predicted octanol–water partition coefficient (Wildman–Crippen LogP) is 4.33. The van der Waals surface area contributed by atoms with Gasteiger partial charge in [0.2, 0.25) is 0 Å². The summed E-state index contributed by atoms with van der Waals surface area (Å²) in [7, 11) is 1.95. The highest BCUT2D eigenvalue weighted by molar-refractivity contribution is 9.10. The standard InChI is InChI=1S/C12H15BrClN/c1-3-4-5-12(15-2)10-8-9(13)6-7-11(10)14/h3,6-8,12,15H,1,4-5H2,2H3. The number of allylic oxidation sites excluding steroid dienone is 1. The highest BCUT2D eigenvalue weighted by atomic mass is 79.9. The fraction of sp³-hybridized carbons (Fsp3) is 0.333. The Kier molecular flexibility index (Phi) is 5.37. The van der Waals surface area contributed by atoms with Gasteiger partial charge in [-0.3, -0.25) is 0 Å². The van der Waals surface area contributed by atoms with E-state index in [1.807, 2.05) is 25.3 Å². The fourth-order valence-electron chi connectivity index (χ4n) is 1.52. The smallest absolute Gasteiger partial charge is 0.0454 e. The molecule has 0 amide bonds. The molecule has 0 fully saturated rings. The molecule has 0 bridgehead atoms. The van der Waals surface area contributed by atoms with Gasteiger partial charge in [-0.2, -0.15) is 0 Å².